The third kappa shape index (κ3) is 4.53. The number of ether oxygens (including phenoxy) is 1. The fraction of sp³-hybridized carbons (Fsp3) is 0.667. The summed E-state index contributed by atoms with van der Waals surface area (Å²) in [5, 5.41) is 13.7. The van der Waals surface area contributed by atoms with E-state index in [-0.39, 0.29) is 6.10 Å². The quantitative estimate of drug-likeness (QED) is 0.734. The Morgan fingerprint density at radius 2 is 1.76 bits per heavy atom. The Morgan fingerprint density at radius 3 is 2.33 bits per heavy atom. The molecule has 2 atom stereocenters. The van der Waals surface area contributed by atoms with E-state index in [1.54, 1.807) is 0 Å². The molecule has 2 saturated carbocycles. The van der Waals surface area contributed by atoms with Crippen LogP contribution in [-0.4, -0.2) is 30.4 Å². The van der Waals surface area contributed by atoms with Gasteiger partial charge in [0.15, 0.2) is 0 Å². The van der Waals surface area contributed by atoms with Crippen molar-refractivity contribution in [3.63, 3.8) is 0 Å². The summed E-state index contributed by atoms with van der Waals surface area (Å²) < 4.78 is 5.78. The molecule has 0 aromatic heterocycles. The fourth-order valence-electron chi connectivity index (χ4n) is 3.04. The Balaban J connectivity index is 1.37. The van der Waals surface area contributed by atoms with Gasteiger partial charge < -0.3 is 15.2 Å². The Hall–Kier alpha value is -0.900. The molecular weight excluding hydrogens is 262 g/mol. The van der Waals surface area contributed by atoms with Crippen molar-refractivity contribution >= 4 is 0 Å². The Labute approximate surface area is 127 Å². The summed E-state index contributed by atoms with van der Waals surface area (Å²) in [5.74, 6) is 1.74. The Bertz CT molecular complexity index is 416. The van der Waals surface area contributed by atoms with Crippen LogP contribution in [0, 0.1) is 11.8 Å². The molecule has 1 aromatic rings. The van der Waals surface area contributed by atoms with Gasteiger partial charge in [0.05, 0.1) is 18.8 Å². The van der Waals surface area contributed by atoms with E-state index >= 15 is 0 Å². The smallest absolute Gasteiger partial charge is 0.0898 e. The molecule has 0 aliphatic heterocycles. The summed E-state index contributed by atoms with van der Waals surface area (Å²) in [6.07, 6.45) is 5.08. The monoisotopic (exact) mass is 289 g/mol. The minimum absolute atomic E-state index is 0.0310. The number of benzene rings is 1. The first kappa shape index (κ1) is 15.0. The van der Waals surface area contributed by atoms with Gasteiger partial charge in [0.2, 0.25) is 0 Å². The van der Waals surface area contributed by atoms with Crippen LogP contribution in [0.3, 0.4) is 0 Å². The highest BCUT2D eigenvalue weighted by Crippen LogP contribution is 2.44. The van der Waals surface area contributed by atoms with Crippen LogP contribution in [0.25, 0.3) is 0 Å². The summed E-state index contributed by atoms with van der Waals surface area (Å²) in [5.41, 5.74) is 1.16. The number of hydrogen-bond acceptors (Lipinski definition) is 3. The van der Waals surface area contributed by atoms with Crippen molar-refractivity contribution in [3.8, 4) is 0 Å². The molecule has 3 rings (SSSR count). The molecule has 0 saturated heterocycles. The molecular formula is C18H27NO2. The second kappa shape index (κ2) is 6.91. The first-order valence-corrected chi connectivity index (χ1v) is 8.32. The average molecular weight is 289 g/mol. The molecule has 2 N–H and O–H groups in total. The zero-order valence-corrected chi connectivity index (χ0v) is 12.9. The summed E-state index contributed by atoms with van der Waals surface area (Å²) in [6.45, 7) is 3.08. The molecule has 0 heterocycles. The highest BCUT2D eigenvalue weighted by Gasteiger charge is 2.41. The second-order valence-corrected chi connectivity index (χ2v) is 6.65. The minimum Gasteiger partial charge on any atom is -0.389 e. The Kier molecular flexibility index (Phi) is 4.94. The van der Waals surface area contributed by atoms with Gasteiger partial charge in [-0.05, 0) is 50.0 Å². The van der Waals surface area contributed by atoms with Crippen LogP contribution in [0.4, 0.5) is 0 Å². The molecule has 3 heteroatoms. The molecule has 1 aromatic carbocycles. The van der Waals surface area contributed by atoms with Crippen LogP contribution in [0.5, 0.6) is 0 Å². The van der Waals surface area contributed by atoms with Gasteiger partial charge >= 0.3 is 0 Å². The predicted molar refractivity (Wildman–Crippen MR) is 84.1 cm³/mol. The van der Waals surface area contributed by atoms with Crippen molar-refractivity contribution in [3.05, 3.63) is 35.9 Å². The fourth-order valence-corrected chi connectivity index (χ4v) is 3.04. The summed E-state index contributed by atoms with van der Waals surface area (Å²) in [7, 11) is 0. The van der Waals surface area contributed by atoms with E-state index in [1.807, 2.05) is 25.1 Å². The van der Waals surface area contributed by atoms with E-state index in [1.165, 1.54) is 25.7 Å². The van der Waals surface area contributed by atoms with Gasteiger partial charge in [-0.25, -0.2) is 0 Å². The van der Waals surface area contributed by atoms with Gasteiger partial charge in [-0.1, -0.05) is 30.3 Å². The van der Waals surface area contributed by atoms with E-state index in [2.05, 4.69) is 17.4 Å². The van der Waals surface area contributed by atoms with Crippen molar-refractivity contribution in [1.29, 1.82) is 0 Å². The number of aliphatic hydroxyl groups is 1. The number of hydrogen-bond donors (Lipinski definition) is 2. The summed E-state index contributed by atoms with van der Waals surface area (Å²) in [6, 6.07) is 10.8. The lowest BCUT2D eigenvalue weighted by atomic mass is 10.1. The molecule has 2 aliphatic rings. The van der Waals surface area contributed by atoms with E-state index in [0.717, 1.165) is 17.4 Å². The lowest BCUT2D eigenvalue weighted by Gasteiger charge is -2.21. The van der Waals surface area contributed by atoms with E-state index in [9.17, 15) is 5.11 Å². The van der Waals surface area contributed by atoms with Crippen molar-refractivity contribution < 1.29 is 9.84 Å². The molecule has 0 bridgehead atoms. The first-order valence-electron chi connectivity index (χ1n) is 8.32. The topological polar surface area (TPSA) is 41.5 Å². The predicted octanol–water partition coefficient (Wildman–Crippen LogP) is 2.90. The Morgan fingerprint density at radius 1 is 1.14 bits per heavy atom. The van der Waals surface area contributed by atoms with Crippen molar-refractivity contribution in [2.75, 3.05) is 13.2 Å². The minimum atomic E-state index is -0.420. The van der Waals surface area contributed by atoms with Gasteiger partial charge in [-0.15, -0.1) is 0 Å². The summed E-state index contributed by atoms with van der Waals surface area (Å²) >= 11 is 0. The lowest BCUT2D eigenvalue weighted by Crippen LogP contribution is -2.40. The van der Waals surface area contributed by atoms with Gasteiger partial charge in [0.25, 0.3) is 0 Å². The van der Waals surface area contributed by atoms with Gasteiger partial charge in [0.1, 0.15) is 0 Å². The van der Waals surface area contributed by atoms with Crippen LogP contribution in [0.1, 0.15) is 44.3 Å². The van der Waals surface area contributed by atoms with Crippen LogP contribution in [-0.2, 0) is 4.74 Å². The van der Waals surface area contributed by atoms with Crippen LogP contribution in [0.2, 0.25) is 0 Å². The zero-order valence-electron chi connectivity index (χ0n) is 12.9. The molecule has 2 fully saturated rings. The maximum absolute atomic E-state index is 10.1. The molecule has 2 aliphatic carbocycles. The summed E-state index contributed by atoms with van der Waals surface area (Å²) in [4.78, 5) is 0. The van der Waals surface area contributed by atoms with Crippen LogP contribution >= 0.6 is 0 Å². The SMILES string of the molecule is CC(OCC(O)CNC(C1CC1)C1CC1)c1ccccc1. The maximum Gasteiger partial charge on any atom is 0.0898 e. The van der Waals surface area contributed by atoms with Gasteiger partial charge in [0, 0.05) is 12.6 Å². The number of rotatable bonds is 9. The standard InChI is InChI=1S/C18H27NO2/c1-13(14-5-3-2-4-6-14)21-12-17(20)11-19-18(15-7-8-15)16-9-10-16/h2-6,13,15-20H,7-12H2,1H3. The molecule has 3 nitrogen and oxygen atoms in total. The van der Waals surface area contributed by atoms with Gasteiger partial charge in [-0.3, -0.25) is 0 Å². The molecule has 21 heavy (non-hydrogen) atoms. The molecule has 0 radical (unpaired) electrons. The van der Waals surface area contributed by atoms with E-state index in [0.29, 0.717) is 19.2 Å². The average Bonchev–Trinajstić information content (AvgIpc) is 3.38. The van der Waals surface area contributed by atoms with E-state index in [4.69, 9.17) is 4.74 Å². The third-order valence-corrected chi connectivity index (χ3v) is 4.66. The van der Waals surface area contributed by atoms with Gasteiger partial charge in [-0.2, -0.15) is 0 Å². The van der Waals surface area contributed by atoms with Crippen LogP contribution < -0.4 is 5.32 Å². The zero-order chi connectivity index (χ0) is 14.7. The number of nitrogens with one attached hydrogen (secondary N) is 1. The third-order valence-electron chi connectivity index (χ3n) is 4.66. The second-order valence-electron chi connectivity index (χ2n) is 6.65. The lowest BCUT2D eigenvalue weighted by molar-refractivity contribution is -0.00336. The number of aliphatic hydroxyl groups excluding tert-OH is 1. The highest BCUT2D eigenvalue weighted by atomic mass is 16.5. The highest BCUT2D eigenvalue weighted by molar-refractivity contribution is 5.16. The normalized spacial score (nSPS) is 21.5. The maximum atomic E-state index is 10.1. The van der Waals surface area contributed by atoms with Crippen LogP contribution in [0.15, 0.2) is 30.3 Å². The largest absolute Gasteiger partial charge is 0.389 e. The van der Waals surface area contributed by atoms with Crippen molar-refractivity contribution in [1.82, 2.24) is 5.32 Å². The molecule has 0 spiro atoms. The van der Waals surface area contributed by atoms with Crippen molar-refractivity contribution in [2.24, 2.45) is 11.8 Å². The van der Waals surface area contributed by atoms with E-state index < -0.39 is 6.10 Å². The first-order chi connectivity index (χ1) is 10.2. The molecule has 0 amide bonds. The molecule has 2 unspecified atom stereocenters. The van der Waals surface area contributed by atoms with Crippen molar-refractivity contribution in [2.45, 2.75) is 50.9 Å². The molecule has 116 valence electrons.